The SMILES string of the molecule is COC(=O)[C@H](CC(C)C)n1nc(CCN2CCC2)cc(C)c1=O. The first-order valence-corrected chi connectivity index (χ1v) is 8.32. The molecule has 1 saturated heterocycles. The van der Waals surface area contributed by atoms with Gasteiger partial charge in [0.2, 0.25) is 0 Å². The minimum atomic E-state index is -0.657. The van der Waals surface area contributed by atoms with Crippen LogP contribution in [0.4, 0.5) is 0 Å². The number of ether oxygens (including phenoxy) is 1. The molecule has 1 fully saturated rings. The second-order valence-electron chi connectivity index (χ2n) is 6.68. The van der Waals surface area contributed by atoms with E-state index in [1.54, 1.807) is 6.92 Å². The molecule has 0 aromatic carbocycles. The zero-order chi connectivity index (χ0) is 17.0. The summed E-state index contributed by atoms with van der Waals surface area (Å²) in [4.78, 5) is 26.9. The minimum Gasteiger partial charge on any atom is -0.467 e. The van der Waals surface area contributed by atoms with Gasteiger partial charge in [-0.05, 0) is 44.8 Å². The summed E-state index contributed by atoms with van der Waals surface area (Å²) in [5.74, 6) is -0.148. The molecule has 6 nitrogen and oxygen atoms in total. The Balaban J connectivity index is 2.27. The van der Waals surface area contributed by atoms with Gasteiger partial charge in [0.15, 0.2) is 6.04 Å². The van der Waals surface area contributed by atoms with Crippen LogP contribution in [0.25, 0.3) is 0 Å². The van der Waals surface area contributed by atoms with Gasteiger partial charge in [-0.1, -0.05) is 13.8 Å². The van der Waals surface area contributed by atoms with Gasteiger partial charge in [0, 0.05) is 18.5 Å². The maximum atomic E-state index is 12.5. The summed E-state index contributed by atoms with van der Waals surface area (Å²) in [6.07, 6.45) is 2.58. The largest absolute Gasteiger partial charge is 0.467 e. The van der Waals surface area contributed by atoms with E-state index in [0.717, 1.165) is 31.7 Å². The summed E-state index contributed by atoms with van der Waals surface area (Å²) in [7, 11) is 1.35. The molecule has 0 amide bonds. The lowest BCUT2D eigenvalue weighted by molar-refractivity contribution is -0.145. The molecule has 128 valence electrons. The van der Waals surface area contributed by atoms with Crippen LogP contribution in [0.3, 0.4) is 0 Å². The topological polar surface area (TPSA) is 64.4 Å². The summed E-state index contributed by atoms with van der Waals surface area (Å²) < 4.78 is 6.21. The number of likely N-dealkylation sites (tertiary alicyclic amines) is 1. The molecule has 0 bridgehead atoms. The molecule has 2 heterocycles. The van der Waals surface area contributed by atoms with Crippen molar-refractivity contribution in [2.45, 2.75) is 46.1 Å². The zero-order valence-corrected chi connectivity index (χ0v) is 14.5. The molecule has 0 aliphatic carbocycles. The van der Waals surface area contributed by atoms with E-state index < -0.39 is 12.0 Å². The Bertz CT molecular complexity index is 606. The van der Waals surface area contributed by atoms with E-state index in [2.05, 4.69) is 10.00 Å². The normalized spacial score (nSPS) is 16.2. The van der Waals surface area contributed by atoms with E-state index in [1.165, 1.54) is 18.2 Å². The van der Waals surface area contributed by atoms with Crippen LogP contribution >= 0.6 is 0 Å². The Labute approximate surface area is 137 Å². The molecule has 23 heavy (non-hydrogen) atoms. The van der Waals surface area contributed by atoms with Gasteiger partial charge in [-0.15, -0.1) is 0 Å². The molecule has 6 heteroatoms. The molecule has 0 unspecified atom stereocenters. The third kappa shape index (κ3) is 4.41. The quantitative estimate of drug-likeness (QED) is 0.713. The zero-order valence-electron chi connectivity index (χ0n) is 14.5. The monoisotopic (exact) mass is 321 g/mol. The Morgan fingerprint density at radius 2 is 2.09 bits per heavy atom. The number of aromatic nitrogens is 2. The van der Waals surface area contributed by atoms with Crippen LogP contribution in [-0.4, -0.2) is 47.4 Å². The molecule has 1 aliphatic rings. The third-order valence-electron chi connectivity index (χ3n) is 4.26. The first kappa shape index (κ1) is 17.7. The van der Waals surface area contributed by atoms with Crippen molar-refractivity contribution in [3.63, 3.8) is 0 Å². The van der Waals surface area contributed by atoms with Gasteiger partial charge in [0.05, 0.1) is 12.8 Å². The molecule has 0 spiro atoms. The van der Waals surface area contributed by atoms with E-state index in [4.69, 9.17) is 4.74 Å². The van der Waals surface area contributed by atoms with E-state index in [-0.39, 0.29) is 11.5 Å². The lowest BCUT2D eigenvalue weighted by atomic mass is 10.0. The highest BCUT2D eigenvalue weighted by molar-refractivity contribution is 5.73. The van der Waals surface area contributed by atoms with Crippen molar-refractivity contribution in [1.29, 1.82) is 0 Å². The molecule has 1 aromatic rings. The fourth-order valence-electron chi connectivity index (χ4n) is 2.79. The molecule has 1 atom stereocenters. The number of carbonyl (C=O) groups excluding carboxylic acids is 1. The van der Waals surface area contributed by atoms with Gasteiger partial charge in [0.25, 0.3) is 5.56 Å². The van der Waals surface area contributed by atoms with Crippen molar-refractivity contribution < 1.29 is 9.53 Å². The second kappa shape index (κ2) is 7.73. The summed E-state index contributed by atoms with van der Waals surface area (Å²) in [5.41, 5.74) is 1.26. The van der Waals surface area contributed by atoms with Crippen molar-refractivity contribution in [3.05, 3.63) is 27.7 Å². The fourth-order valence-corrected chi connectivity index (χ4v) is 2.79. The smallest absolute Gasteiger partial charge is 0.330 e. The highest BCUT2D eigenvalue weighted by Gasteiger charge is 2.26. The number of aryl methyl sites for hydroxylation is 1. The van der Waals surface area contributed by atoms with Gasteiger partial charge < -0.3 is 9.64 Å². The van der Waals surface area contributed by atoms with Crippen molar-refractivity contribution >= 4 is 5.97 Å². The Kier molecular flexibility index (Phi) is 5.93. The lowest BCUT2D eigenvalue weighted by Gasteiger charge is -2.30. The van der Waals surface area contributed by atoms with E-state index >= 15 is 0 Å². The molecular weight excluding hydrogens is 294 g/mol. The number of nitrogens with zero attached hydrogens (tertiary/aromatic N) is 3. The van der Waals surface area contributed by atoms with E-state index in [0.29, 0.717) is 12.0 Å². The predicted molar refractivity (Wildman–Crippen MR) is 88.5 cm³/mol. The van der Waals surface area contributed by atoms with E-state index in [1.807, 2.05) is 19.9 Å². The van der Waals surface area contributed by atoms with Crippen molar-refractivity contribution in [2.24, 2.45) is 5.92 Å². The van der Waals surface area contributed by atoms with Crippen molar-refractivity contribution in [1.82, 2.24) is 14.7 Å². The summed E-state index contributed by atoms with van der Waals surface area (Å²) in [6.45, 7) is 9.02. The number of hydrogen-bond donors (Lipinski definition) is 0. The highest BCUT2D eigenvalue weighted by Crippen LogP contribution is 2.17. The predicted octanol–water partition coefficient (Wildman–Crippen LogP) is 1.56. The van der Waals surface area contributed by atoms with E-state index in [9.17, 15) is 9.59 Å². The number of esters is 1. The fraction of sp³-hybridized carbons (Fsp3) is 0.706. The molecule has 1 aromatic heterocycles. The number of hydrogen-bond acceptors (Lipinski definition) is 5. The van der Waals surface area contributed by atoms with Gasteiger partial charge in [0.1, 0.15) is 0 Å². The Morgan fingerprint density at radius 3 is 2.61 bits per heavy atom. The molecule has 0 saturated carbocycles. The maximum Gasteiger partial charge on any atom is 0.330 e. The standard InChI is InChI=1S/C17H27N3O3/c1-12(2)10-15(17(22)23-4)20-16(21)13(3)11-14(18-20)6-9-19-7-5-8-19/h11-12,15H,5-10H2,1-4H3/t15-/m0/s1. The van der Waals surface area contributed by atoms with Crippen LogP contribution in [0.5, 0.6) is 0 Å². The van der Waals surface area contributed by atoms with Crippen molar-refractivity contribution in [3.8, 4) is 0 Å². The van der Waals surface area contributed by atoms with Crippen molar-refractivity contribution in [2.75, 3.05) is 26.7 Å². The number of methoxy groups -OCH3 is 1. The number of carbonyl (C=O) groups is 1. The van der Waals surface area contributed by atoms with Gasteiger partial charge in [-0.3, -0.25) is 4.79 Å². The Morgan fingerprint density at radius 1 is 1.39 bits per heavy atom. The molecule has 0 N–H and O–H groups in total. The van der Waals surface area contributed by atoms with Gasteiger partial charge >= 0.3 is 5.97 Å². The summed E-state index contributed by atoms with van der Waals surface area (Å²) >= 11 is 0. The van der Waals surface area contributed by atoms with Crippen LogP contribution in [-0.2, 0) is 16.0 Å². The van der Waals surface area contributed by atoms with Gasteiger partial charge in [-0.25, -0.2) is 9.48 Å². The van der Waals surface area contributed by atoms with Crippen LogP contribution in [0, 0.1) is 12.8 Å². The first-order chi connectivity index (χ1) is 10.9. The maximum absolute atomic E-state index is 12.5. The third-order valence-corrected chi connectivity index (χ3v) is 4.26. The number of rotatable bonds is 7. The minimum absolute atomic E-state index is 0.214. The lowest BCUT2D eigenvalue weighted by Crippen LogP contribution is -2.39. The average molecular weight is 321 g/mol. The van der Waals surface area contributed by atoms with Crippen LogP contribution in [0.2, 0.25) is 0 Å². The highest BCUT2D eigenvalue weighted by atomic mass is 16.5. The average Bonchev–Trinajstić information content (AvgIpc) is 2.45. The van der Waals surface area contributed by atoms with Crippen LogP contribution < -0.4 is 5.56 Å². The van der Waals surface area contributed by atoms with Crippen LogP contribution in [0.1, 0.15) is 44.0 Å². The summed E-state index contributed by atoms with van der Waals surface area (Å²) in [5, 5.41) is 4.46. The molecule has 1 aliphatic heterocycles. The molecule has 2 rings (SSSR count). The molecule has 0 radical (unpaired) electrons. The second-order valence-corrected chi connectivity index (χ2v) is 6.68. The first-order valence-electron chi connectivity index (χ1n) is 8.32. The summed E-state index contributed by atoms with van der Waals surface area (Å²) in [6, 6.07) is 1.18. The Hall–Kier alpha value is -1.69. The van der Waals surface area contributed by atoms with Crippen LogP contribution in [0.15, 0.2) is 10.9 Å². The van der Waals surface area contributed by atoms with Gasteiger partial charge in [-0.2, -0.15) is 5.10 Å². The molecular formula is C17H27N3O3.